The topological polar surface area (TPSA) is 175 Å². The van der Waals surface area contributed by atoms with Gasteiger partial charge in [0.05, 0.1) is 49.2 Å². The summed E-state index contributed by atoms with van der Waals surface area (Å²) < 4.78 is 9.60. The molecule has 5 atom stereocenters. The Kier molecular flexibility index (Phi) is 11.0. The quantitative estimate of drug-likeness (QED) is 0.106. The molecule has 4 N–H and O–H groups in total. The maximum Gasteiger partial charge on any atom is 0.407 e. The van der Waals surface area contributed by atoms with Crippen molar-refractivity contribution >= 4 is 58.0 Å². The van der Waals surface area contributed by atoms with Crippen molar-refractivity contribution in [2.45, 2.75) is 75.2 Å². The third-order valence-corrected chi connectivity index (χ3v) is 12.3. The SMILES string of the molecule is COC(=O)NC1CCC2CCCC(c3ncc(-c4ccc5cc(/C=C/c6ccc7nc(C8CCCN8C(=O)C(NC(=O)OC)c8ccccc8)[nH]c7c6)ccc5c4)[nH]3)N2C1=O. The van der Waals surface area contributed by atoms with Crippen LogP contribution in [0.1, 0.15) is 91.4 Å². The first-order valence-corrected chi connectivity index (χ1v) is 20.9. The lowest BCUT2D eigenvalue weighted by Crippen LogP contribution is -2.58. The smallest absolute Gasteiger partial charge is 0.407 e. The zero-order valence-corrected chi connectivity index (χ0v) is 34.1. The van der Waals surface area contributed by atoms with Crippen molar-refractivity contribution in [1.82, 2.24) is 40.4 Å². The number of alkyl carbamates (subject to hydrolysis) is 2. The number of hydrogen-bond acceptors (Lipinski definition) is 8. The predicted molar refractivity (Wildman–Crippen MR) is 231 cm³/mol. The van der Waals surface area contributed by atoms with Crippen molar-refractivity contribution in [1.29, 1.82) is 0 Å². The number of nitrogens with one attached hydrogen (secondary N) is 4. The number of nitrogens with zero attached hydrogens (tertiary/aromatic N) is 4. The normalized spacial score (nSPS) is 20.8. The number of amides is 4. The van der Waals surface area contributed by atoms with Gasteiger partial charge in [-0.1, -0.05) is 72.8 Å². The van der Waals surface area contributed by atoms with Crippen LogP contribution in [-0.4, -0.2) is 86.6 Å². The van der Waals surface area contributed by atoms with Gasteiger partial charge < -0.3 is 39.9 Å². The second-order valence-corrected chi connectivity index (χ2v) is 16.0. The molecule has 0 aliphatic carbocycles. The average molecular weight is 821 g/mol. The number of fused-ring (bicyclic) bond motifs is 3. The summed E-state index contributed by atoms with van der Waals surface area (Å²) >= 11 is 0. The molecule has 3 fully saturated rings. The van der Waals surface area contributed by atoms with Crippen molar-refractivity contribution < 1.29 is 28.7 Å². The molecule has 14 heteroatoms. The maximum atomic E-state index is 14.0. The molecule has 6 aromatic rings. The molecular formula is C47H48N8O6. The maximum absolute atomic E-state index is 14.0. The van der Waals surface area contributed by atoms with E-state index in [1.165, 1.54) is 14.2 Å². The van der Waals surface area contributed by atoms with E-state index in [1.807, 2.05) is 53.6 Å². The van der Waals surface area contributed by atoms with Crippen molar-refractivity contribution in [3.63, 3.8) is 0 Å². The Bertz CT molecular complexity index is 2640. The first-order valence-electron chi connectivity index (χ1n) is 20.9. The average Bonchev–Trinajstić information content (AvgIpc) is 4.09. The molecule has 0 spiro atoms. The van der Waals surface area contributed by atoms with Crippen LogP contribution in [0.15, 0.2) is 91.1 Å². The molecule has 3 saturated heterocycles. The first kappa shape index (κ1) is 39.5. The second-order valence-electron chi connectivity index (χ2n) is 16.0. The van der Waals surface area contributed by atoms with Crippen molar-refractivity contribution in [3.05, 3.63) is 119 Å². The summed E-state index contributed by atoms with van der Waals surface area (Å²) in [6, 6.07) is 26.2. The highest BCUT2D eigenvalue weighted by atomic mass is 16.5. The number of benzene rings is 4. The number of aromatic nitrogens is 4. The van der Waals surface area contributed by atoms with Crippen LogP contribution in [0.3, 0.4) is 0 Å². The molecule has 9 rings (SSSR count). The van der Waals surface area contributed by atoms with E-state index in [2.05, 4.69) is 75.2 Å². The fraction of sp³-hybridized carbons (Fsp3) is 0.319. The Morgan fingerprint density at radius 1 is 0.787 bits per heavy atom. The summed E-state index contributed by atoms with van der Waals surface area (Å²) in [5.41, 5.74) is 6.32. The summed E-state index contributed by atoms with van der Waals surface area (Å²) in [7, 11) is 2.59. The molecule has 3 aliphatic rings. The summed E-state index contributed by atoms with van der Waals surface area (Å²) in [5.74, 6) is 1.19. The first-order chi connectivity index (χ1) is 29.8. The highest BCUT2D eigenvalue weighted by molar-refractivity contribution is 5.91. The number of piperidine rings is 2. The minimum atomic E-state index is -0.879. The van der Waals surface area contributed by atoms with Gasteiger partial charge in [0.15, 0.2) is 0 Å². The number of carbonyl (C=O) groups is 4. The van der Waals surface area contributed by atoms with Crippen molar-refractivity contribution in [2.75, 3.05) is 20.8 Å². The Labute approximate surface area is 352 Å². The van der Waals surface area contributed by atoms with Crippen LogP contribution in [0.2, 0.25) is 0 Å². The molecule has 3 aliphatic heterocycles. The van der Waals surface area contributed by atoms with Gasteiger partial charge in [0.2, 0.25) is 5.91 Å². The second kappa shape index (κ2) is 17.0. The summed E-state index contributed by atoms with van der Waals surface area (Å²) in [6.45, 7) is 0.557. The standard InChI is InChI=1S/C47H48N8O6/c1-60-46(58)52-36-22-20-34-10-6-11-40(55(34)44(36)56)42-48-27-38(51-42)33-19-18-31-24-28(15-17-32(31)26-33)13-14-29-16-21-35-37(25-29)50-43(49-35)39-12-7-23-54(39)45(57)41(53-47(59)61-2)30-8-4-3-5-9-30/h3-5,8-9,13-19,21,24-27,34,36,39-41H,6-7,10-12,20,22-23H2,1-2H3,(H,48,51)(H,49,50)(H,52,58)(H,53,59)/b14-13+. The molecule has 14 nitrogen and oxygen atoms in total. The lowest BCUT2D eigenvalue weighted by atomic mass is 9.86. The van der Waals surface area contributed by atoms with Crippen LogP contribution < -0.4 is 10.6 Å². The van der Waals surface area contributed by atoms with Crippen molar-refractivity contribution in [2.24, 2.45) is 0 Å². The van der Waals surface area contributed by atoms with E-state index in [4.69, 9.17) is 19.4 Å². The Hall–Kier alpha value is -6.96. The van der Waals surface area contributed by atoms with Gasteiger partial charge in [0.1, 0.15) is 23.7 Å². The Morgan fingerprint density at radius 2 is 1.54 bits per heavy atom. The molecule has 312 valence electrons. The van der Waals surface area contributed by atoms with E-state index in [0.717, 1.165) is 94.4 Å². The van der Waals surface area contributed by atoms with E-state index in [1.54, 1.807) is 4.90 Å². The molecule has 5 heterocycles. The third-order valence-electron chi connectivity index (χ3n) is 12.3. The minimum absolute atomic E-state index is 0.0810. The van der Waals surface area contributed by atoms with E-state index < -0.39 is 24.3 Å². The molecule has 61 heavy (non-hydrogen) atoms. The third kappa shape index (κ3) is 8.05. The molecule has 2 aromatic heterocycles. The number of H-pyrrole nitrogens is 2. The van der Waals surface area contributed by atoms with E-state index in [0.29, 0.717) is 18.5 Å². The van der Waals surface area contributed by atoms with Crippen molar-refractivity contribution in [3.8, 4) is 11.3 Å². The van der Waals surface area contributed by atoms with Gasteiger partial charge in [-0.05, 0) is 96.7 Å². The molecule has 0 saturated carbocycles. The molecule has 5 unspecified atom stereocenters. The van der Waals surface area contributed by atoms with Crippen LogP contribution in [0.25, 0.3) is 45.2 Å². The van der Waals surface area contributed by atoms with Gasteiger partial charge in [-0.25, -0.2) is 19.6 Å². The number of imidazole rings is 2. The van der Waals surface area contributed by atoms with E-state index >= 15 is 0 Å². The predicted octanol–water partition coefficient (Wildman–Crippen LogP) is 7.98. The van der Waals surface area contributed by atoms with Crippen LogP contribution in [0.4, 0.5) is 9.59 Å². The lowest BCUT2D eigenvalue weighted by molar-refractivity contribution is -0.145. The molecule has 0 bridgehead atoms. The lowest BCUT2D eigenvalue weighted by Gasteiger charge is -2.46. The van der Waals surface area contributed by atoms with Crippen LogP contribution in [0.5, 0.6) is 0 Å². The zero-order chi connectivity index (χ0) is 42.0. The van der Waals surface area contributed by atoms with Crippen LogP contribution >= 0.6 is 0 Å². The molecular weight excluding hydrogens is 773 g/mol. The summed E-state index contributed by atoms with van der Waals surface area (Å²) in [4.78, 5) is 72.1. The monoisotopic (exact) mass is 820 g/mol. The largest absolute Gasteiger partial charge is 0.453 e. The van der Waals surface area contributed by atoms with E-state index in [9.17, 15) is 19.2 Å². The van der Waals surface area contributed by atoms with Gasteiger partial charge in [-0.15, -0.1) is 0 Å². The number of carbonyl (C=O) groups excluding carboxylic acids is 4. The highest BCUT2D eigenvalue weighted by Gasteiger charge is 2.43. The van der Waals surface area contributed by atoms with Gasteiger partial charge in [0.25, 0.3) is 5.91 Å². The Morgan fingerprint density at radius 3 is 2.36 bits per heavy atom. The minimum Gasteiger partial charge on any atom is -0.453 e. The highest BCUT2D eigenvalue weighted by Crippen LogP contribution is 2.39. The number of methoxy groups -OCH3 is 2. The zero-order valence-electron chi connectivity index (χ0n) is 34.1. The van der Waals surface area contributed by atoms with Crippen LogP contribution in [0, 0.1) is 0 Å². The van der Waals surface area contributed by atoms with Gasteiger partial charge in [-0.2, -0.15) is 0 Å². The molecule has 4 amide bonds. The van der Waals surface area contributed by atoms with Gasteiger partial charge in [0, 0.05) is 18.2 Å². The van der Waals surface area contributed by atoms with Gasteiger partial charge in [-0.3, -0.25) is 9.59 Å². The number of likely N-dealkylation sites (tertiary alicyclic amines) is 1. The van der Waals surface area contributed by atoms with Crippen LogP contribution in [-0.2, 0) is 19.1 Å². The number of ether oxygens (including phenoxy) is 2. The number of rotatable bonds is 9. The fourth-order valence-corrected chi connectivity index (χ4v) is 9.24. The molecule has 4 aromatic carbocycles. The summed E-state index contributed by atoms with van der Waals surface area (Å²) in [5, 5.41) is 7.63. The molecule has 0 radical (unpaired) electrons. The fourth-order valence-electron chi connectivity index (χ4n) is 9.24. The number of aromatic amines is 2. The Balaban J connectivity index is 0.882. The van der Waals surface area contributed by atoms with E-state index in [-0.39, 0.29) is 29.9 Å². The summed E-state index contributed by atoms with van der Waals surface area (Å²) in [6.07, 6.45) is 10.5. The number of hydrogen-bond donors (Lipinski definition) is 4. The van der Waals surface area contributed by atoms with Gasteiger partial charge >= 0.3 is 12.2 Å².